The Balaban J connectivity index is 0. The van der Waals surface area contributed by atoms with Crippen molar-refractivity contribution in [1.29, 1.82) is 0 Å². The Morgan fingerprint density at radius 3 is 1.00 bits per heavy atom. The van der Waals surface area contributed by atoms with Crippen molar-refractivity contribution in [2.45, 2.75) is 0 Å². The Morgan fingerprint density at radius 2 is 1.00 bits per heavy atom. The molecular formula is H2CeMnOSn. The fourth-order valence-corrected chi connectivity index (χ4v) is 0. The summed E-state index contributed by atoms with van der Waals surface area (Å²) < 4.78 is 0. The van der Waals surface area contributed by atoms with E-state index in [0.29, 0.717) is 0 Å². The van der Waals surface area contributed by atoms with Gasteiger partial charge in [0.1, 0.15) is 0 Å². The summed E-state index contributed by atoms with van der Waals surface area (Å²) in [5.74, 6) is 0. The quantitative estimate of drug-likeness (QED) is 0.499. The van der Waals surface area contributed by atoms with Crippen LogP contribution in [-0.4, -0.2) is 29.4 Å². The van der Waals surface area contributed by atoms with Crippen LogP contribution in [0.5, 0.6) is 0 Å². The van der Waals surface area contributed by atoms with Gasteiger partial charge in [-0.15, -0.1) is 0 Å². The maximum atomic E-state index is 0. The third-order valence-corrected chi connectivity index (χ3v) is 0. The van der Waals surface area contributed by atoms with Gasteiger partial charge in [0, 0.05) is 82.7 Å². The first-order valence-electron chi connectivity index (χ1n) is 0. The molecule has 4 heavy (non-hydrogen) atoms. The van der Waals surface area contributed by atoms with Crippen molar-refractivity contribution in [3.63, 3.8) is 0 Å². The van der Waals surface area contributed by atoms with Crippen molar-refractivity contribution in [3.8, 4) is 0 Å². The summed E-state index contributed by atoms with van der Waals surface area (Å²) in [6, 6.07) is 0. The van der Waals surface area contributed by atoms with Gasteiger partial charge in [-0.2, -0.15) is 0 Å². The third kappa shape index (κ3) is 8.82. The molecule has 0 aromatic carbocycles. The van der Waals surface area contributed by atoms with Crippen LogP contribution in [0.2, 0.25) is 0 Å². The predicted molar refractivity (Wildman–Crippen MR) is 9.37 cm³/mol. The van der Waals surface area contributed by atoms with Crippen LogP contribution < -0.4 is 0 Å². The summed E-state index contributed by atoms with van der Waals surface area (Å²) in [5.41, 5.74) is 0. The molecule has 0 rings (SSSR count). The standard InChI is InChI=1S/Ce.Mn.H2O.Sn/h;;1H2;. The molecule has 0 aromatic heterocycles. The molecule has 0 aliphatic carbocycles. The maximum Gasteiger partial charge on any atom is 0 e. The van der Waals surface area contributed by atoms with E-state index in [-0.39, 0.29) is 88.2 Å². The summed E-state index contributed by atoms with van der Waals surface area (Å²) in [4.78, 5) is 0. The van der Waals surface area contributed by atoms with Crippen molar-refractivity contribution in [2.75, 3.05) is 0 Å². The second kappa shape index (κ2) is 17.4. The van der Waals surface area contributed by atoms with Gasteiger partial charge in [-0.05, 0) is 0 Å². The summed E-state index contributed by atoms with van der Waals surface area (Å²) in [6.07, 6.45) is 0. The van der Waals surface area contributed by atoms with Gasteiger partial charge in [-0.25, -0.2) is 0 Å². The van der Waals surface area contributed by atoms with Crippen LogP contribution in [0.25, 0.3) is 0 Å². The fourth-order valence-electron chi connectivity index (χ4n) is 0. The summed E-state index contributed by atoms with van der Waals surface area (Å²) >= 11 is 0. The number of hydrogen-bond acceptors (Lipinski definition) is 0. The molecule has 5 radical (unpaired) electrons. The van der Waals surface area contributed by atoms with Crippen LogP contribution in [-0.2, 0) is 17.1 Å². The van der Waals surface area contributed by atoms with Gasteiger partial charge in [-0.1, -0.05) is 0 Å². The molecule has 2 N–H and O–H groups in total. The van der Waals surface area contributed by atoms with Crippen LogP contribution in [0.1, 0.15) is 0 Å². The monoisotopic (exact) mass is 333 g/mol. The van der Waals surface area contributed by atoms with E-state index in [1.165, 1.54) is 0 Å². The Bertz CT molecular complexity index is 8.00. The number of hydrogen-bond donors (Lipinski definition) is 0. The molecule has 0 aliphatic rings. The molecule has 4 heteroatoms. The van der Waals surface area contributed by atoms with E-state index in [1.54, 1.807) is 0 Å². The molecule has 0 amide bonds. The molecule has 23 valence electrons. The largest absolute Gasteiger partial charge is 0.412 e. The Hall–Kier alpha value is 2.65. The molecule has 0 atom stereocenters. The van der Waals surface area contributed by atoms with E-state index >= 15 is 0 Å². The van der Waals surface area contributed by atoms with Crippen molar-refractivity contribution in [3.05, 3.63) is 0 Å². The molecule has 0 aromatic rings. The van der Waals surface area contributed by atoms with E-state index in [2.05, 4.69) is 0 Å². The van der Waals surface area contributed by atoms with Crippen molar-refractivity contribution in [1.82, 2.24) is 0 Å². The second-order valence-corrected chi connectivity index (χ2v) is 0. The van der Waals surface area contributed by atoms with Crippen molar-refractivity contribution in [2.24, 2.45) is 0 Å². The first kappa shape index (κ1) is 30.2. The normalized spacial score (nSPS) is 0. The molecule has 0 unspecified atom stereocenters. The van der Waals surface area contributed by atoms with Gasteiger partial charge in [0.2, 0.25) is 0 Å². The van der Waals surface area contributed by atoms with E-state index in [4.69, 9.17) is 0 Å². The maximum absolute atomic E-state index is 0. The van der Waals surface area contributed by atoms with Crippen molar-refractivity contribution >= 4 is 23.9 Å². The molecule has 0 aliphatic heterocycles. The van der Waals surface area contributed by atoms with E-state index in [9.17, 15) is 0 Å². The van der Waals surface area contributed by atoms with Gasteiger partial charge in [0.15, 0.2) is 0 Å². The second-order valence-electron chi connectivity index (χ2n) is 0. The molecule has 0 bridgehead atoms. The van der Waals surface area contributed by atoms with E-state index < -0.39 is 0 Å². The molecular weight excluding hydrogens is 330 g/mol. The summed E-state index contributed by atoms with van der Waals surface area (Å²) in [7, 11) is 0. The fraction of sp³-hybridized carbons (Fsp3) is 0. The Morgan fingerprint density at radius 1 is 1.00 bits per heavy atom. The van der Waals surface area contributed by atoms with E-state index in [0.717, 1.165) is 0 Å². The third-order valence-electron chi connectivity index (χ3n) is 0. The molecule has 1 nitrogen and oxygen atoms in total. The van der Waals surface area contributed by atoms with Gasteiger partial charge >= 0.3 is 0 Å². The van der Waals surface area contributed by atoms with Gasteiger partial charge in [0.05, 0.1) is 0 Å². The summed E-state index contributed by atoms with van der Waals surface area (Å²) in [5, 5.41) is 0. The minimum atomic E-state index is 0. The van der Waals surface area contributed by atoms with Crippen LogP contribution >= 0.6 is 0 Å². The van der Waals surface area contributed by atoms with Crippen LogP contribution in [0.4, 0.5) is 0 Å². The molecule has 0 fully saturated rings. The minimum absolute atomic E-state index is 0. The molecule has 0 saturated heterocycles. The van der Waals surface area contributed by atoms with Gasteiger partial charge in [0.25, 0.3) is 0 Å². The average Bonchev–Trinajstić information content (AvgIpc) is 0. The smallest absolute Gasteiger partial charge is 0 e. The number of rotatable bonds is 0. The zero-order valence-corrected chi connectivity index (χ0v) is 9.05. The minimum Gasteiger partial charge on any atom is -0.412 e. The van der Waals surface area contributed by atoms with E-state index in [1.807, 2.05) is 0 Å². The first-order valence-corrected chi connectivity index (χ1v) is 0. The molecule has 0 spiro atoms. The zero-order chi connectivity index (χ0) is 0. The van der Waals surface area contributed by atoms with Crippen LogP contribution in [0.3, 0.4) is 0 Å². The predicted octanol–water partition coefficient (Wildman–Crippen LogP) is -1.21. The van der Waals surface area contributed by atoms with Gasteiger partial charge in [-0.3, -0.25) is 0 Å². The van der Waals surface area contributed by atoms with Crippen LogP contribution in [0.15, 0.2) is 0 Å². The molecule has 0 saturated carbocycles. The SMILES string of the molecule is O.[Ce].[Mn].[Sn]. The summed E-state index contributed by atoms with van der Waals surface area (Å²) in [6.45, 7) is 0. The first-order chi connectivity index (χ1) is 0. The Kier molecular flexibility index (Phi) is 131. The topological polar surface area (TPSA) is 31.5 Å². The zero-order valence-electron chi connectivity index (χ0n) is 1.88. The van der Waals surface area contributed by atoms with Crippen molar-refractivity contribution < 1.29 is 64.3 Å². The average molecular weight is 332 g/mol. The van der Waals surface area contributed by atoms with Gasteiger partial charge < -0.3 is 5.48 Å². The molecule has 0 heterocycles. The van der Waals surface area contributed by atoms with Crippen LogP contribution in [0, 0.1) is 41.7 Å². The Labute approximate surface area is 86.4 Å².